The second-order valence-electron chi connectivity index (χ2n) is 6.70. The van der Waals surface area contributed by atoms with Crippen LogP contribution in [0.1, 0.15) is 32.0 Å². The molecule has 0 bridgehead atoms. The molecule has 5 nitrogen and oxygen atoms in total. The van der Waals surface area contributed by atoms with Gasteiger partial charge in [-0.1, -0.05) is 6.07 Å². The van der Waals surface area contributed by atoms with Crippen molar-refractivity contribution in [3.05, 3.63) is 54.2 Å². The van der Waals surface area contributed by atoms with E-state index in [9.17, 15) is 4.79 Å². The Morgan fingerprint density at radius 2 is 2.12 bits per heavy atom. The minimum atomic E-state index is -0.657. The maximum Gasteiger partial charge on any atom is 0.248 e. The predicted octanol–water partition coefficient (Wildman–Crippen LogP) is 3.46. The Balaban J connectivity index is 1.83. The molecule has 0 aliphatic heterocycles. The summed E-state index contributed by atoms with van der Waals surface area (Å²) in [6.07, 6.45) is 5.58. The largest absolute Gasteiger partial charge is 0.361 e. The number of hydrogen-bond acceptors (Lipinski definition) is 2. The van der Waals surface area contributed by atoms with Gasteiger partial charge in [-0.2, -0.15) is 0 Å². The standard InChI is InChI=1S/C19H24N4O/c1-5-22(12-15-6-7-17-16(10-15)8-9-20-17)18(24)19(3,4)23-11-14(2)21-13-23/h6-11,13,20H,5,12H2,1-4H3. The van der Waals surface area contributed by atoms with Crippen molar-refractivity contribution in [1.29, 1.82) is 0 Å². The summed E-state index contributed by atoms with van der Waals surface area (Å²) < 4.78 is 1.89. The first-order chi connectivity index (χ1) is 11.4. The van der Waals surface area contributed by atoms with Crippen LogP contribution in [0.2, 0.25) is 0 Å². The number of fused-ring (bicyclic) bond motifs is 1. The third kappa shape index (κ3) is 2.94. The van der Waals surface area contributed by atoms with Gasteiger partial charge in [0.1, 0.15) is 5.54 Å². The van der Waals surface area contributed by atoms with Crippen molar-refractivity contribution in [1.82, 2.24) is 19.4 Å². The third-order valence-corrected chi connectivity index (χ3v) is 4.54. The van der Waals surface area contributed by atoms with Crippen molar-refractivity contribution in [3.8, 4) is 0 Å². The molecule has 0 spiro atoms. The number of nitrogens with zero attached hydrogens (tertiary/aromatic N) is 3. The molecule has 0 fully saturated rings. The van der Waals surface area contributed by atoms with E-state index in [1.807, 2.05) is 49.6 Å². The number of rotatable bonds is 5. The first kappa shape index (κ1) is 16.3. The van der Waals surface area contributed by atoms with Crippen LogP contribution in [-0.4, -0.2) is 31.9 Å². The van der Waals surface area contributed by atoms with Crippen LogP contribution < -0.4 is 0 Å². The Hall–Kier alpha value is -2.56. The molecule has 126 valence electrons. The highest BCUT2D eigenvalue weighted by atomic mass is 16.2. The molecule has 0 saturated carbocycles. The highest BCUT2D eigenvalue weighted by molar-refractivity contribution is 5.84. The molecule has 2 aromatic heterocycles. The molecule has 1 N–H and O–H groups in total. The van der Waals surface area contributed by atoms with Crippen LogP contribution >= 0.6 is 0 Å². The number of aryl methyl sites for hydroxylation is 1. The van der Waals surface area contributed by atoms with Crippen LogP contribution in [0.25, 0.3) is 10.9 Å². The smallest absolute Gasteiger partial charge is 0.248 e. The summed E-state index contributed by atoms with van der Waals surface area (Å²) in [5.74, 6) is 0.0940. The lowest BCUT2D eigenvalue weighted by Crippen LogP contribution is -2.46. The number of aromatic nitrogens is 3. The number of H-pyrrole nitrogens is 1. The summed E-state index contributed by atoms with van der Waals surface area (Å²) in [5.41, 5.74) is 2.50. The number of likely N-dealkylation sites (N-methyl/N-ethyl adjacent to an activating group) is 1. The summed E-state index contributed by atoms with van der Waals surface area (Å²) in [4.78, 5) is 22.4. The third-order valence-electron chi connectivity index (χ3n) is 4.54. The van der Waals surface area contributed by atoms with Crippen molar-refractivity contribution >= 4 is 16.8 Å². The molecule has 1 aromatic carbocycles. The van der Waals surface area contributed by atoms with E-state index < -0.39 is 5.54 Å². The fourth-order valence-corrected chi connectivity index (χ4v) is 2.97. The predicted molar refractivity (Wildman–Crippen MR) is 95.7 cm³/mol. The molecule has 0 unspecified atom stereocenters. The van der Waals surface area contributed by atoms with Crippen molar-refractivity contribution < 1.29 is 4.79 Å². The second kappa shape index (κ2) is 6.15. The van der Waals surface area contributed by atoms with Gasteiger partial charge in [0.25, 0.3) is 0 Å². The van der Waals surface area contributed by atoms with E-state index in [0.717, 1.165) is 16.8 Å². The quantitative estimate of drug-likeness (QED) is 0.781. The number of hydrogen-bond donors (Lipinski definition) is 1. The Bertz CT molecular complexity index is 859. The van der Waals surface area contributed by atoms with Gasteiger partial charge in [-0.15, -0.1) is 0 Å². The molecule has 24 heavy (non-hydrogen) atoms. The molecule has 1 amide bonds. The van der Waals surface area contributed by atoms with E-state index in [1.54, 1.807) is 6.33 Å². The van der Waals surface area contributed by atoms with Crippen LogP contribution in [0, 0.1) is 6.92 Å². The Morgan fingerprint density at radius 1 is 1.33 bits per heavy atom. The maximum absolute atomic E-state index is 13.1. The Morgan fingerprint density at radius 3 is 2.79 bits per heavy atom. The molecule has 3 aromatic rings. The molecule has 2 heterocycles. The van der Waals surface area contributed by atoms with Crippen LogP contribution in [-0.2, 0) is 16.9 Å². The number of imidazole rings is 1. The average Bonchev–Trinajstić information content (AvgIpc) is 3.20. The van der Waals surface area contributed by atoms with Crippen LogP contribution in [0.5, 0.6) is 0 Å². The highest BCUT2D eigenvalue weighted by Crippen LogP contribution is 2.22. The number of amides is 1. The molecule has 5 heteroatoms. The summed E-state index contributed by atoms with van der Waals surface area (Å²) in [6, 6.07) is 8.32. The molecule has 0 radical (unpaired) electrons. The topological polar surface area (TPSA) is 53.9 Å². The van der Waals surface area contributed by atoms with Gasteiger partial charge in [-0.05, 0) is 56.8 Å². The van der Waals surface area contributed by atoms with Crippen molar-refractivity contribution in [3.63, 3.8) is 0 Å². The summed E-state index contributed by atoms with van der Waals surface area (Å²) in [6.45, 7) is 9.10. The van der Waals surface area contributed by atoms with Crippen molar-refractivity contribution in [2.45, 2.75) is 39.8 Å². The lowest BCUT2D eigenvalue weighted by atomic mass is 10.0. The molecular formula is C19H24N4O. The van der Waals surface area contributed by atoms with E-state index >= 15 is 0 Å². The zero-order valence-corrected chi connectivity index (χ0v) is 14.7. The van der Waals surface area contributed by atoms with Crippen LogP contribution in [0.3, 0.4) is 0 Å². The minimum absolute atomic E-state index is 0.0940. The van der Waals surface area contributed by atoms with Gasteiger partial charge >= 0.3 is 0 Å². The molecule has 0 saturated heterocycles. The van der Waals surface area contributed by atoms with Gasteiger partial charge in [-0.3, -0.25) is 4.79 Å². The zero-order chi connectivity index (χ0) is 17.3. The fourth-order valence-electron chi connectivity index (χ4n) is 2.97. The second-order valence-corrected chi connectivity index (χ2v) is 6.70. The molecule has 0 atom stereocenters. The Kier molecular flexibility index (Phi) is 4.18. The lowest BCUT2D eigenvalue weighted by Gasteiger charge is -2.32. The SMILES string of the molecule is CCN(Cc1ccc2[nH]ccc2c1)C(=O)C(C)(C)n1cnc(C)c1. The normalized spacial score (nSPS) is 11.8. The van der Waals surface area contributed by atoms with Crippen molar-refractivity contribution in [2.24, 2.45) is 0 Å². The maximum atomic E-state index is 13.1. The van der Waals surface area contributed by atoms with Gasteiger partial charge in [0, 0.05) is 31.0 Å². The molecule has 0 aliphatic carbocycles. The molecular weight excluding hydrogens is 300 g/mol. The van der Waals surface area contributed by atoms with E-state index in [2.05, 4.69) is 34.2 Å². The number of carbonyl (C=O) groups is 1. The van der Waals surface area contributed by atoms with E-state index in [1.165, 1.54) is 5.39 Å². The molecule has 0 aliphatic rings. The van der Waals surface area contributed by atoms with Gasteiger partial charge in [0.2, 0.25) is 5.91 Å². The first-order valence-corrected chi connectivity index (χ1v) is 8.28. The van der Waals surface area contributed by atoms with Crippen LogP contribution in [0.15, 0.2) is 43.0 Å². The summed E-state index contributed by atoms with van der Waals surface area (Å²) in [5, 5.41) is 1.17. The van der Waals surface area contributed by atoms with Crippen LogP contribution in [0.4, 0.5) is 0 Å². The first-order valence-electron chi connectivity index (χ1n) is 8.28. The van der Waals surface area contributed by atoms with Gasteiger partial charge in [-0.25, -0.2) is 4.98 Å². The summed E-state index contributed by atoms with van der Waals surface area (Å²) >= 11 is 0. The average molecular weight is 324 g/mol. The summed E-state index contributed by atoms with van der Waals surface area (Å²) in [7, 11) is 0. The van der Waals surface area contributed by atoms with Gasteiger partial charge in [0.15, 0.2) is 0 Å². The van der Waals surface area contributed by atoms with E-state index in [4.69, 9.17) is 0 Å². The van der Waals surface area contributed by atoms with Gasteiger partial charge in [0.05, 0.1) is 12.0 Å². The Labute approximate surface area is 142 Å². The highest BCUT2D eigenvalue weighted by Gasteiger charge is 2.33. The number of benzene rings is 1. The van der Waals surface area contributed by atoms with Gasteiger partial charge < -0.3 is 14.5 Å². The van der Waals surface area contributed by atoms with Crippen molar-refractivity contribution in [2.75, 3.05) is 6.54 Å². The number of carbonyl (C=O) groups excluding carboxylic acids is 1. The number of aromatic amines is 1. The minimum Gasteiger partial charge on any atom is -0.361 e. The van der Waals surface area contributed by atoms with E-state index in [-0.39, 0.29) is 5.91 Å². The monoisotopic (exact) mass is 324 g/mol. The lowest BCUT2D eigenvalue weighted by molar-refractivity contribution is -0.139. The molecule has 3 rings (SSSR count). The number of nitrogens with one attached hydrogen (secondary N) is 1. The van der Waals surface area contributed by atoms with E-state index in [0.29, 0.717) is 13.1 Å². The fraction of sp³-hybridized carbons (Fsp3) is 0.368. The zero-order valence-electron chi connectivity index (χ0n) is 14.7.